The monoisotopic (exact) mass is 309 g/mol. The second kappa shape index (κ2) is 4.64. The van der Waals surface area contributed by atoms with Crippen molar-refractivity contribution in [1.29, 1.82) is 0 Å². The van der Waals surface area contributed by atoms with Crippen LogP contribution in [0.3, 0.4) is 0 Å². The zero-order valence-corrected chi connectivity index (χ0v) is 12.5. The Bertz CT molecular complexity index is 1020. The topological polar surface area (TPSA) is 60.4 Å². The molecule has 0 saturated carbocycles. The van der Waals surface area contributed by atoms with Crippen LogP contribution in [0.2, 0.25) is 0 Å². The number of thiazole rings is 1. The van der Waals surface area contributed by atoms with Crippen molar-refractivity contribution in [2.24, 2.45) is 0 Å². The Balaban J connectivity index is 1.99. The van der Waals surface area contributed by atoms with Gasteiger partial charge in [-0.05, 0) is 13.0 Å². The van der Waals surface area contributed by atoms with Crippen LogP contribution in [-0.2, 0) is 0 Å². The molecule has 0 aliphatic heterocycles. The summed E-state index contributed by atoms with van der Waals surface area (Å²) in [5.74, 6) is 0. The van der Waals surface area contributed by atoms with Crippen molar-refractivity contribution in [2.75, 3.05) is 0 Å². The van der Waals surface area contributed by atoms with Crippen molar-refractivity contribution in [3.05, 3.63) is 64.3 Å². The van der Waals surface area contributed by atoms with E-state index in [9.17, 15) is 10.1 Å². The third-order valence-electron chi connectivity index (χ3n) is 3.72. The third-order valence-corrected chi connectivity index (χ3v) is 4.72. The first kappa shape index (κ1) is 13.0. The van der Waals surface area contributed by atoms with Crippen LogP contribution in [0.1, 0.15) is 5.69 Å². The van der Waals surface area contributed by atoms with Crippen LogP contribution in [0.25, 0.3) is 26.4 Å². The van der Waals surface area contributed by atoms with Gasteiger partial charge in [0.2, 0.25) is 0 Å². The van der Waals surface area contributed by atoms with Gasteiger partial charge in [-0.25, -0.2) is 4.98 Å². The first-order valence-corrected chi connectivity index (χ1v) is 7.58. The highest BCUT2D eigenvalue weighted by molar-refractivity contribution is 7.23. The molecule has 0 aliphatic rings. The second-order valence-corrected chi connectivity index (χ2v) is 6.05. The van der Waals surface area contributed by atoms with E-state index in [1.165, 1.54) is 17.4 Å². The van der Waals surface area contributed by atoms with Crippen molar-refractivity contribution in [3.63, 3.8) is 0 Å². The third kappa shape index (κ3) is 1.81. The van der Waals surface area contributed by atoms with Gasteiger partial charge in [-0.15, -0.1) is 0 Å². The molecule has 0 fully saturated rings. The van der Waals surface area contributed by atoms with E-state index in [2.05, 4.69) is 4.40 Å². The lowest BCUT2D eigenvalue weighted by Crippen LogP contribution is -1.89. The number of imidazole rings is 1. The first-order valence-electron chi connectivity index (χ1n) is 6.76. The molecule has 4 aromatic rings. The molecule has 5 nitrogen and oxygen atoms in total. The van der Waals surface area contributed by atoms with Crippen LogP contribution in [0.4, 0.5) is 5.69 Å². The minimum Gasteiger partial charge on any atom is -0.287 e. The van der Waals surface area contributed by atoms with Gasteiger partial charge < -0.3 is 0 Å². The normalized spacial score (nSPS) is 11.3. The second-order valence-electron chi connectivity index (χ2n) is 5.04. The lowest BCUT2D eigenvalue weighted by atomic mass is 10.1. The summed E-state index contributed by atoms with van der Waals surface area (Å²) < 4.78 is 2.94. The maximum atomic E-state index is 10.9. The van der Waals surface area contributed by atoms with Crippen LogP contribution in [0, 0.1) is 17.0 Å². The minimum atomic E-state index is -0.371. The Morgan fingerprint density at radius 1 is 1.18 bits per heavy atom. The molecular formula is C16H11N3O2S. The number of fused-ring (bicyclic) bond motifs is 3. The number of aromatic nitrogens is 2. The predicted octanol–water partition coefficient (Wildman–Crippen LogP) is 4.43. The van der Waals surface area contributed by atoms with Crippen molar-refractivity contribution < 1.29 is 4.92 Å². The van der Waals surface area contributed by atoms with Gasteiger partial charge in [0.1, 0.15) is 0 Å². The quantitative estimate of drug-likeness (QED) is 0.406. The van der Waals surface area contributed by atoms with Gasteiger partial charge in [0.05, 0.1) is 20.8 Å². The van der Waals surface area contributed by atoms with Gasteiger partial charge in [-0.1, -0.05) is 41.7 Å². The van der Waals surface area contributed by atoms with E-state index >= 15 is 0 Å². The minimum absolute atomic E-state index is 0.109. The van der Waals surface area contributed by atoms with E-state index in [-0.39, 0.29) is 10.6 Å². The van der Waals surface area contributed by atoms with E-state index in [4.69, 9.17) is 4.98 Å². The molecule has 0 spiro atoms. The summed E-state index contributed by atoms with van der Waals surface area (Å²) in [6, 6.07) is 15.0. The number of hydrogen-bond acceptors (Lipinski definition) is 4. The largest absolute Gasteiger partial charge is 0.287 e. The standard InChI is InChI=1S/C16H11N3O2S/c1-10-15(11-5-3-2-4-6-11)17-16-18(10)13-8-7-12(19(20)21)9-14(13)22-16/h2-9H,1H3. The van der Waals surface area contributed by atoms with E-state index < -0.39 is 0 Å². The summed E-state index contributed by atoms with van der Waals surface area (Å²) in [5.41, 5.74) is 4.13. The molecule has 0 atom stereocenters. The highest BCUT2D eigenvalue weighted by Gasteiger charge is 2.16. The molecule has 0 saturated heterocycles. The van der Waals surface area contributed by atoms with Gasteiger partial charge in [-0.2, -0.15) is 0 Å². The summed E-state index contributed by atoms with van der Waals surface area (Å²) in [4.78, 5) is 16.1. The fourth-order valence-corrected chi connectivity index (χ4v) is 3.78. The molecule has 2 heterocycles. The summed E-state index contributed by atoms with van der Waals surface area (Å²) in [5, 5.41) is 10.9. The molecule has 2 aromatic heterocycles. The average Bonchev–Trinajstić information content (AvgIpc) is 3.04. The number of benzene rings is 2. The maximum Gasteiger partial charge on any atom is 0.270 e. The van der Waals surface area contributed by atoms with Crippen molar-refractivity contribution >= 4 is 32.2 Å². The number of nitro groups is 1. The number of nitrogens with zero attached hydrogens (tertiary/aromatic N) is 3. The fraction of sp³-hybridized carbons (Fsp3) is 0.0625. The Morgan fingerprint density at radius 2 is 1.95 bits per heavy atom. The Hall–Kier alpha value is -2.73. The van der Waals surface area contributed by atoms with Gasteiger partial charge in [0.25, 0.3) is 5.69 Å². The van der Waals surface area contributed by atoms with Gasteiger partial charge >= 0.3 is 0 Å². The van der Waals surface area contributed by atoms with Crippen molar-refractivity contribution in [1.82, 2.24) is 9.38 Å². The molecule has 0 aliphatic carbocycles. The van der Waals surface area contributed by atoms with Crippen LogP contribution < -0.4 is 0 Å². The van der Waals surface area contributed by atoms with E-state index in [1.54, 1.807) is 12.1 Å². The molecule has 108 valence electrons. The summed E-state index contributed by atoms with van der Waals surface area (Å²) in [6.07, 6.45) is 0. The summed E-state index contributed by atoms with van der Waals surface area (Å²) in [7, 11) is 0. The average molecular weight is 309 g/mol. The van der Waals surface area contributed by atoms with E-state index in [0.717, 1.165) is 32.1 Å². The predicted molar refractivity (Wildman–Crippen MR) is 87.4 cm³/mol. The number of aryl methyl sites for hydroxylation is 1. The molecule has 22 heavy (non-hydrogen) atoms. The van der Waals surface area contributed by atoms with E-state index in [0.29, 0.717) is 0 Å². The summed E-state index contributed by atoms with van der Waals surface area (Å²) in [6.45, 7) is 2.02. The fourth-order valence-electron chi connectivity index (χ4n) is 2.68. The number of rotatable bonds is 2. The molecule has 2 aromatic carbocycles. The van der Waals surface area contributed by atoms with Crippen molar-refractivity contribution in [2.45, 2.75) is 6.92 Å². The van der Waals surface area contributed by atoms with E-state index in [1.807, 2.05) is 37.3 Å². The first-order chi connectivity index (χ1) is 10.6. The van der Waals surface area contributed by atoms with Crippen LogP contribution in [0.15, 0.2) is 48.5 Å². The Labute approximate surface area is 129 Å². The summed E-state index contributed by atoms with van der Waals surface area (Å²) >= 11 is 1.47. The Kier molecular flexibility index (Phi) is 2.74. The molecule has 0 unspecified atom stereocenters. The highest BCUT2D eigenvalue weighted by Crippen LogP contribution is 2.34. The number of hydrogen-bond donors (Lipinski definition) is 0. The van der Waals surface area contributed by atoms with Gasteiger partial charge in [-0.3, -0.25) is 14.5 Å². The maximum absolute atomic E-state index is 10.9. The lowest BCUT2D eigenvalue weighted by molar-refractivity contribution is -0.384. The molecule has 0 bridgehead atoms. The number of non-ortho nitro benzene ring substituents is 1. The van der Waals surface area contributed by atoms with Crippen molar-refractivity contribution in [3.8, 4) is 11.3 Å². The molecular weight excluding hydrogens is 298 g/mol. The molecule has 0 N–H and O–H groups in total. The molecule has 6 heteroatoms. The molecule has 0 amide bonds. The molecule has 0 radical (unpaired) electrons. The van der Waals surface area contributed by atoms with Crippen LogP contribution >= 0.6 is 11.3 Å². The SMILES string of the molecule is Cc1c(-c2ccccc2)nc2sc3cc([N+](=O)[O-])ccc3n12. The zero-order chi connectivity index (χ0) is 15.3. The Morgan fingerprint density at radius 3 is 2.68 bits per heavy atom. The van der Waals surface area contributed by atoms with Crippen LogP contribution in [-0.4, -0.2) is 14.3 Å². The van der Waals surface area contributed by atoms with Crippen LogP contribution in [0.5, 0.6) is 0 Å². The number of nitro benzene ring substituents is 1. The zero-order valence-electron chi connectivity index (χ0n) is 11.7. The lowest BCUT2D eigenvalue weighted by Gasteiger charge is -1.99. The highest BCUT2D eigenvalue weighted by atomic mass is 32.1. The van der Waals surface area contributed by atoms with Gasteiger partial charge in [0.15, 0.2) is 4.96 Å². The smallest absolute Gasteiger partial charge is 0.270 e. The van der Waals surface area contributed by atoms with Gasteiger partial charge in [0, 0.05) is 23.4 Å². The molecule has 4 rings (SSSR count).